The van der Waals surface area contributed by atoms with Crippen LogP contribution in [0.2, 0.25) is 0 Å². The van der Waals surface area contributed by atoms with Gasteiger partial charge < -0.3 is 12.6 Å². The van der Waals surface area contributed by atoms with E-state index in [2.05, 4.69) is 0 Å². The quantitative estimate of drug-likeness (QED) is 0.404. The van der Waals surface area contributed by atoms with Crippen molar-refractivity contribution < 1.29 is 18.9 Å². The first-order valence-corrected chi connectivity index (χ1v) is 4.13. The van der Waals surface area contributed by atoms with Crippen molar-refractivity contribution in [1.82, 2.24) is 0 Å². The molecule has 0 saturated heterocycles. The van der Waals surface area contributed by atoms with Crippen LogP contribution in [0, 0.1) is 0 Å². The molecule has 1 aromatic rings. The molecule has 1 rings (SSSR count). The molecule has 1 aromatic carbocycles. The van der Waals surface area contributed by atoms with Gasteiger partial charge in [-0.3, -0.25) is 0 Å². The predicted octanol–water partition coefficient (Wildman–Crippen LogP) is -0.236. The van der Waals surface area contributed by atoms with Crippen LogP contribution in [-0.4, -0.2) is 0 Å². The minimum Gasteiger partial charge on any atom is -0.788 e. The summed E-state index contributed by atoms with van der Waals surface area (Å²) >= 11 is 4.82. The van der Waals surface area contributed by atoms with Crippen molar-refractivity contribution in [3.63, 3.8) is 0 Å². The normalized spacial score (nSPS) is 7.18. The monoisotopic (exact) mass is 160 g/mol. The molecule has 0 amide bonds. The molecule has 0 aromatic heterocycles. The first-order chi connectivity index (χ1) is 4.93. The number of hydrogen-bond donors (Lipinski definition) is 0. The van der Waals surface area contributed by atoms with Crippen LogP contribution < -0.4 is 18.9 Å². The largest absolute Gasteiger partial charge is 1.00 e. The zero-order chi connectivity index (χ0) is 7.82. The fourth-order valence-electron chi connectivity index (χ4n) is 0.574. The number of hydrogen-bond acceptors (Lipinski definition) is 1. The van der Waals surface area contributed by atoms with Crippen LogP contribution in [-0.2, 0) is 18.4 Å². The molecule has 0 spiro atoms. The van der Waals surface area contributed by atoms with E-state index in [-0.39, 0.29) is 18.9 Å². The van der Waals surface area contributed by atoms with E-state index in [1.165, 1.54) is 5.56 Å². The molecule has 0 nitrogen and oxygen atoms in total. The van der Waals surface area contributed by atoms with Crippen molar-refractivity contribution in [2.75, 3.05) is 0 Å². The predicted molar refractivity (Wildman–Crippen MR) is 48.9 cm³/mol. The molecule has 56 valence electrons. The van der Waals surface area contributed by atoms with E-state index in [9.17, 15) is 0 Å². The average molecular weight is 160 g/mol. The number of rotatable bonds is 1. The van der Waals surface area contributed by atoms with E-state index in [0.717, 1.165) is 5.75 Å². The third-order valence-electron chi connectivity index (χ3n) is 1.01. The van der Waals surface area contributed by atoms with E-state index in [0.29, 0.717) is 0 Å². The van der Waals surface area contributed by atoms with Crippen LogP contribution in [0.4, 0.5) is 0 Å². The van der Waals surface area contributed by atoms with Gasteiger partial charge in [0.25, 0.3) is 0 Å². The van der Waals surface area contributed by atoms with E-state index < -0.39 is 0 Å². The van der Waals surface area contributed by atoms with Gasteiger partial charge in [-0.1, -0.05) is 49.7 Å². The molecule has 0 unspecified atom stereocenters. The molecule has 0 aliphatic carbocycles. The van der Waals surface area contributed by atoms with E-state index in [1.807, 2.05) is 44.2 Å². The third kappa shape index (κ3) is 6.56. The molecule has 0 fully saturated rings. The second kappa shape index (κ2) is 10.2. The molecular formula is C9H13LiS. The van der Waals surface area contributed by atoms with Crippen LogP contribution in [0.25, 0.3) is 0 Å². The van der Waals surface area contributed by atoms with E-state index >= 15 is 0 Å². The van der Waals surface area contributed by atoms with Gasteiger partial charge in [0.2, 0.25) is 0 Å². The fourth-order valence-corrected chi connectivity index (χ4v) is 0.767. The van der Waals surface area contributed by atoms with Gasteiger partial charge in [0.05, 0.1) is 0 Å². The summed E-state index contributed by atoms with van der Waals surface area (Å²) in [5, 5.41) is 0. The Hall–Kier alpha value is 0.167. The van der Waals surface area contributed by atoms with Crippen molar-refractivity contribution >= 4 is 12.6 Å². The van der Waals surface area contributed by atoms with Crippen molar-refractivity contribution in [1.29, 1.82) is 0 Å². The van der Waals surface area contributed by atoms with Crippen LogP contribution in [0.1, 0.15) is 19.4 Å². The summed E-state index contributed by atoms with van der Waals surface area (Å²) in [5.74, 6) is 0.723. The Morgan fingerprint density at radius 1 is 1.09 bits per heavy atom. The molecule has 0 saturated carbocycles. The van der Waals surface area contributed by atoms with E-state index in [4.69, 9.17) is 12.6 Å². The van der Waals surface area contributed by atoms with Crippen molar-refractivity contribution in [2.45, 2.75) is 19.6 Å². The molecule has 11 heavy (non-hydrogen) atoms. The summed E-state index contributed by atoms with van der Waals surface area (Å²) < 4.78 is 0. The van der Waals surface area contributed by atoms with Gasteiger partial charge in [-0.05, 0) is 0 Å². The maximum absolute atomic E-state index is 4.82. The second-order valence-electron chi connectivity index (χ2n) is 1.63. The Labute approximate surface area is 87.0 Å². The summed E-state index contributed by atoms with van der Waals surface area (Å²) in [7, 11) is 0. The molecule has 0 aliphatic heterocycles. The van der Waals surface area contributed by atoms with Crippen LogP contribution in [0.5, 0.6) is 0 Å². The minimum atomic E-state index is 0. The summed E-state index contributed by atoms with van der Waals surface area (Å²) in [6.45, 7) is 4.00. The summed E-state index contributed by atoms with van der Waals surface area (Å²) in [5.41, 5.74) is 1.22. The van der Waals surface area contributed by atoms with Gasteiger partial charge in [0, 0.05) is 0 Å². The zero-order valence-electron chi connectivity index (χ0n) is 7.50. The second-order valence-corrected chi connectivity index (χ2v) is 1.92. The Bertz CT molecular complexity index is 151. The zero-order valence-corrected chi connectivity index (χ0v) is 8.32. The standard InChI is InChI=1S/C7H8S.C2H6.Li/c8-6-7-4-2-1-3-5-7;1-2;/h1-5,8H,6H2;1-2H3;/q;;+1/p-1. The van der Waals surface area contributed by atoms with Gasteiger partial charge in [-0.25, -0.2) is 0 Å². The van der Waals surface area contributed by atoms with Crippen molar-refractivity contribution in [3.05, 3.63) is 35.9 Å². The molecule has 0 aliphatic rings. The Morgan fingerprint density at radius 2 is 1.55 bits per heavy atom. The first kappa shape index (κ1) is 13.7. The maximum Gasteiger partial charge on any atom is 1.00 e. The average Bonchev–Trinajstić information content (AvgIpc) is 2.10. The molecule has 2 heteroatoms. The van der Waals surface area contributed by atoms with Gasteiger partial charge in [-0.2, -0.15) is 5.75 Å². The minimum absolute atomic E-state index is 0. The van der Waals surface area contributed by atoms with Crippen LogP contribution in [0.3, 0.4) is 0 Å². The van der Waals surface area contributed by atoms with Crippen molar-refractivity contribution in [3.8, 4) is 0 Å². The molecule has 0 atom stereocenters. The fraction of sp³-hybridized carbons (Fsp3) is 0.333. The third-order valence-corrected chi connectivity index (χ3v) is 1.34. The Balaban J connectivity index is 0. The summed E-state index contributed by atoms with van der Waals surface area (Å²) in [4.78, 5) is 0. The molecule has 0 N–H and O–H groups in total. The Kier molecular flexibility index (Phi) is 12.7. The van der Waals surface area contributed by atoms with Crippen LogP contribution in [0.15, 0.2) is 30.3 Å². The van der Waals surface area contributed by atoms with Crippen LogP contribution >= 0.6 is 0 Å². The molecular weight excluding hydrogens is 147 g/mol. The van der Waals surface area contributed by atoms with Gasteiger partial charge in [0.15, 0.2) is 0 Å². The molecule has 0 radical (unpaired) electrons. The SMILES string of the molecule is CC.[Li+].[S-]Cc1ccccc1. The number of benzene rings is 1. The van der Waals surface area contributed by atoms with Gasteiger partial charge in [-0.15, -0.1) is 0 Å². The topological polar surface area (TPSA) is 0 Å². The summed E-state index contributed by atoms with van der Waals surface area (Å²) in [6, 6.07) is 10.1. The molecule has 0 heterocycles. The molecule has 0 bridgehead atoms. The van der Waals surface area contributed by atoms with Gasteiger partial charge >= 0.3 is 18.9 Å². The summed E-state index contributed by atoms with van der Waals surface area (Å²) in [6.07, 6.45) is 0. The Morgan fingerprint density at radius 3 is 1.82 bits per heavy atom. The maximum atomic E-state index is 4.82. The van der Waals surface area contributed by atoms with Crippen molar-refractivity contribution in [2.24, 2.45) is 0 Å². The first-order valence-electron chi connectivity index (χ1n) is 3.55. The smallest absolute Gasteiger partial charge is 0.788 e. The van der Waals surface area contributed by atoms with Gasteiger partial charge in [0.1, 0.15) is 0 Å². The van der Waals surface area contributed by atoms with E-state index in [1.54, 1.807) is 0 Å².